The highest BCUT2D eigenvalue weighted by molar-refractivity contribution is 5.80. The van der Waals surface area contributed by atoms with E-state index in [2.05, 4.69) is 31.6 Å². The lowest BCUT2D eigenvalue weighted by molar-refractivity contribution is -0.155. The minimum atomic E-state index is -0.669. The molecule has 0 radical (unpaired) electrons. The molecule has 0 aromatic heterocycles. The first-order valence-corrected chi connectivity index (χ1v) is 13.9. The van der Waals surface area contributed by atoms with Crippen LogP contribution in [0.25, 0.3) is 0 Å². The highest BCUT2D eigenvalue weighted by Crippen LogP contribution is 2.27. The van der Waals surface area contributed by atoms with Crippen molar-refractivity contribution in [1.82, 2.24) is 21.6 Å². The van der Waals surface area contributed by atoms with Crippen molar-refractivity contribution in [1.29, 1.82) is 0 Å². The van der Waals surface area contributed by atoms with Crippen LogP contribution in [0.2, 0.25) is 0 Å². The van der Waals surface area contributed by atoms with E-state index in [0.717, 1.165) is 11.1 Å². The molecule has 12 N–H and O–H groups in total. The number of carbonyl (C=O) groups excluding carboxylic acids is 4. The second kappa shape index (κ2) is 16.8. The number of rotatable bonds is 8. The Morgan fingerprint density at radius 2 is 0.955 bits per heavy atom. The fraction of sp³-hybridized carbons (Fsp3) is 0.357. The van der Waals surface area contributed by atoms with Gasteiger partial charge in [0.15, 0.2) is 11.9 Å². The molecular formula is C28H38N10O6. The number of hydrogen-bond acceptors (Lipinski definition) is 8. The van der Waals surface area contributed by atoms with Crippen molar-refractivity contribution < 1.29 is 28.9 Å². The van der Waals surface area contributed by atoms with Gasteiger partial charge in [0, 0.05) is 13.1 Å². The van der Waals surface area contributed by atoms with Gasteiger partial charge in [-0.25, -0.2) is 29.2 Å². The number of nitrogens with two attached hydrogens (primary N) is 4. The van der Waals surface area contributed by atoms with Crippen molar-refractivity contribution >= 4 is 47.3 Å². The lowest BCUT2D eigenvalue weighted by Crippen LogP contribution is -2.39. The Morgan fingerprint density at radius 3 is 1.27 bits per heavy atom. The molecule has 1 aliphatic carbocycles. The zero-order valence-corrected chi connectivity index (χ0v) is 24.1. The summed E-state index contributed by atoms with van der Waals surface area (Å²) in [5.74, 6) is -2.06. The van der Waals surface area contributed by atoms with E-state index in [4.69, 9.17) is 32.6 Å². The van der Waals surface area contributed by atoms with Crippen LogP contribution in [0.1, 0.15) is 49.7 Å². The van der Waals surface area contributed by atoms with Crippen molar-refractivity contribution in [2.45, 2.75) is 51.6 Å². The number of benzene rings is 2. The summed E-state index contributed by atoms with van der Waals surface area (Å²) in [4.78, 5) is 67.0. The van der Waals surface area contributed by atoms with E-state index in [-0.39, 0.29) is 25.0 Å². The van der Waals surface area contributed by atoms with Crippen molar-refractivity contribution in [2.24, 2.45) is 44.8 Å². The molecule has 3 rings (SSSR count). The van der Waals surface area contributed by atoms with Gasteiger partial charge in [0.05, 0.1) is 23.2 Å². The van der Waals surface area contributed by atoms with Gasteiger partial charge in [-0.2, -0.15) is 11.0 Å². The van der Waals surface area contributed by atoms with E-state index in [1.54, 1.807) is 48.5 Å². The van der Waals surface area contributed by atoms with Gasteiger partial charge in [0.1, 0.15) is 0 Å². The molecule has 4 amide bonds. The summed E-state index contributed by atoms with van der Waals surface area (Å²) >= 11 is 0. The molecule has 1 aliphatic rings. The molecule has 0 spiro atoms. The highest BCUT2D eigenvalue weighted by atomic mass is 16.7. The third-order valence-corrected chi connectivity index (χ3v) is 6.66. The predicted molar refractivity (Wildman–Crippen MR) is 161 cm³/mol. The average molecular weight is 611 g/mol. The average Bonchev–Trinajstić information content (AvgIpc) is 2.97. The van der Waals surface area contributed by atoms with Gasteiger partial charge in [0.25, 0.3) is 0 Å². The maximum atomic E-state index is 12.5. The molecule has 0 atom stereocenters. The van der Waals surface area contributed by atoms with Gasteiger partial charge in [-0.1, -0.05) is 37.1 Å². The summed E-state index contributed by atoms with van der Waals surface area (Å²) in [6, 6.07) is 12.4. The summed E-state index contributed by atoms with van der Waals surface area (Å²) in [7, 11) is 0. The molecule has 0 heterocycles. The van der Waals surface area contributed by atoms with Gasteiger partial charge < -0.3 is 43.2 Å². The first-order valence-electron chi connectivity index (χ1n) is 13.9. The summed E-state index contributed by atoms with van der Waals surface area (Å²) in [5, 5.41) is 5.18. The standard InChI is InChI=1S/C28H38N10O6/c29-25(30)35-21-11-7-17(8-12-21)15-33-27(41)37-43-23(39)19-3-1-4-20(6-2-5-19)24(40)44-38-28(42)34-16-18-9-13-22(14-10-18)36-26(31)32/h7-14,19-20H,1-6,15-16H2,(H4,29,30,35)(H4,31,32,36)(H2,33,37,41)(H2,34,38,42). The van der Waals surface area contributed by atoms with E-state index >= 15 is 0 Å². The molecule has 1 fully saturated rings. The second-order valence-corrected chi connectivity index (χ2v) is 10.1. The molecule has 2 aromatic rings. The first kappa shape index (κ1) is 33.0. The van der Waals surface area contributed by atoms with Crippen LogP contribution in [0.15, 0.2) is 58.5 Å². The zero-order valence-electron chi connectivity index (χ0n) is 24.1. The molecule has 1 saturated carbocycles. The van der Waals surface area contributed by atoms with Gasteiger partial charge >= 0.3 is 24.0 Å². The molecule has 0 saturated heterocycles. The van der Waals surface area contributed by atoms with Crippen LogP contribution >= 0.6 is 0 Å². The molecule has 236 valence electrons. The number of nitrogens with zero attached hydrogens (tertiary/aromatic N) is 2. The Labute approximate surface area is 253 Å². The molecular weight excluding hydrogens is 572 g/mol. The minimum absolute atomic E-state index is 0.0554. The van der Waals surface area contributed by atoms with Gasteiger partial charge in [-0.3, -0.25) is 0 Å². The lowest BCUT2D eigenvalue weighted by atomic mass is 9.86. The monoisotopic (exact) mass is 610 g/mol. The van der Waals surface area contributed by atoms with Crippen molar-refractivity contribution in [3.63, 3.8) is 0 Å². The Balaban J connectivity index is 1.31. The Bertz CT molecular complexity index is 1230. The summed E-state index contributed by atoms with van der Waals surface area (Å²) in [6.07, 6.45) is 3.02. The van der Waals surface area contributed by atoms with E-state index in [9.17, 15) is 19.2 Å². The third-order valence-electron chi connectivity index (χ3n) is 6.66. The molecule has 16 heteroatoms. The number of urea groups is 2. The highest BCUT2D eigenvalue weighted by Gasteiger charge is 2.28. The van der Waals surface area contributed by atoms with Crippen molar-refractivity contribution in [3.8, 4) is 0 Å². The van der Waals surface area contributed by atoms with Crippen LogP contribution in [-0.2, 0) is 32.4 Å². The molecule has 0 unspecified atom stereocenters. The molecule has 0 aliphatic heterocycles. The molecule has 0 bridgehead atoms. The Hall–Kier alpha value is -5.54. The molecule has 44 heavy (non-hydrogen) atoms. The van der Waals surface area contributed by atoms with Crippen LogP contribution in [0.5, 0.6) is 0 Å². The molecule has 16 nitrogen and oxygen atoms in total. The summed E-state index contributed by atoms with van der Waals surface area (Å²) < 4.78 is 0. The lowest BCUT2D eigenvalue weighted by Gasteiger charge is -2.22. The minimum Gasteiger partial charge on any atom is -0.370 e. The normalized spacial score (nSPS) is 16.1. The zero-order chi connectivity index (χ0) is 31.9. The summed E-state index contributed by atoms with van der Waals surface area (Å²) in [6.45, 7) is 0.386. The van der Waals surface area contributed by atoms with Gasteiger partial charge in [-0.15, -0.1) is 0 Å². The van der Waals surface area contributed by atoms with Crippen LogP contribution < -0.4 is 44.5 Å². The maximum absolute atomic E-state index is 12.5. The summed E-state index contributed by atoms with van der Waals surface area (Å²) in [5.41, 5.74) is 28.3. The first-order chi connectivity index (χ1) is 21.1. The number of hydroxylamine groups is 2. The molecule has 2 aromatic carbocycles. The topological polar surface area (TPSA) is 264 Å². The van der Waals surface area contributed by atoms with Crippen molar-refractivity contribution in [3.05, 3.63) is 59.7 Å². The third kappa shape index (κ3) is 11.8. The Kier molecular flexibility index (Phi) is 12.6. The van der Waals surface area contributed by atoms with E-state index in [1.165, 1.54) is 0 Å². The van der Waals surface area contributed by atoms with Crippen molar-refractivity contribution in [2.75, 3.05) is 0 Å². The second-order valence-electron chi connectivity index (χ2n) is 10.1. The number of carbonyl (C=O) groups is 4. The fourth-order valence-electron chi connectivity index (χ4n) is 4.45. The number of guanidine groups is 2. The fourth-order valence-corrected chi connectivity index (χ4v) is 4.45. The van der Waals surface area contributed by atoms with Crippen LogP contribution in [0.3, 0.4) is 0 Å². The predicted octanol–water partition coefficient (Wildman–Crippen LogP) is 1.30. The quantitative estimate of drug-likeness (QED) is 0.121. The number of amides is 4. The van der Waals surface area contributed by atoms with E-state index in [0.29, 0.717) is 49.9 Å². The number of nitrogens with one attached hydrogen (secondary N) is 4. The number of hydrogen-bond donors (Lipinski definition) is 8. The van der Waals surface area contributed by atoms with E-state index < -0.39 is 35.8 Å². The Morgan fingerprint density at radius 1 is 0.614 bits per heavy atom. The van der Waals surface area contributed by atoms with Crippen LogP contribution in [0.4, 0.5) is 21.0 Å². The van der Waals surface area contributed by atoms with Gasteiger partial charge in [0.2, 0.25) is 0 Å². The van der Waals surface area contributed by atoms with Crippen LogP contribution in [0, 0.1) is 11.8 Å². The maximum Gasteiger partial charge on any atom is 0.348 e. The van der Waals surface area contributed by atoms with E-state index in [1.807, 2.05) is 0 Å². The smallest absolute Gasteiger partial charge is 0.348 e. The SMILES string of the molecule is NC(N)=Nc1ccc(CNC(=O)NOC(=O)C2CCCC(C(=O)ONC(=O)NCc3ccc(N=C(N)N)cc3)CCC2)cc1. The van der Waals surface area contributed by atoms with Crippen LogP contribution in [-0.4, -0.2) is 35.9 Å². The largest absolute Gasteiger partial charge is 0.370 e. The van der Waals surface area contributed by atoms with Gasteiger partial charge in [-0.05, 0) is 61.1 Å². The number of aliphatic imine (C=N–C) groups is 2.